The maximum absolute atomic E-state index is 10.6. The van der Waals surface area contributed by atoms with Crippen LogP contribution in [0.2, 0.25) is 5.02 Å². The highest BCUT2D eigenvalue weighted by atomic mass is 127. The van der Waals surface area contributed by atoms with Gasteiger partial charge in [0.2, 0.25) is 0 Å². The van der Waals surface area contributed by atoms with Crippen molar-refractivity contribution in [1.29, 1.82) is 0 Å². The number of aryl methyl sites for hydroxylation is 2. The molecule has 0 fully saturated rings. The van der Waals surface area contributed by atoms with E-state index in [1.807, 2.05) is 37.3 Å². The first-order valence-corrected chi connectivity index (χ1v) is 9.42. The predicted molar refractivity (Wildman–Crippen MR) is 105 cm³/mol. The molecular formula is C21H26ClIN2O2. The lowest BCUT2D eigenvalue weighted by molar-refractivity contribution is -0.654. The summed E-state index contributed by atoms with van der Waals surface area (Å²) in [4.78, 5) is 0. The second-order valence-electron chi connectivity index (χ2n) is 6.72. The Labute approximate surface area is 182 Å². The Hall–Kier alpha value is -1.31. The van der Waals surface area contributed by atoms with Gasteiger partial charge in [0.1, 0.15) is 25.0 Å². The molecule has 146 valence electrons. The van der Waals surface area contributed by atoms with Gasteiger partial charge >= 0.3 is 0 Å². The van der Waals surface area contributed by atoms with Crippen molar-refractivity contribution in [1.82, 2.24) is 4.57 Å². The van der Waals surface area contributed by atoms with Gasteiger partial charge < -0.3 is 33.8 Å². The molecular weight excluding hydrogens is 475 g/mol. The van der Waals surface area contributed by atoms with Gasteiger partial charge in [-0.1, -0.05) is 36.7 Å². The van der Waals surface area contributed by atoms with E-state index in [-0.39, 0.29) is 30.6 Å². The lowest BCUT2D eigenvalue weighted by atomic mass is 10.2. The minimum atomic E-state index is -0.627. The van der Waals surface area contributed by atoms with E-state index in [0.29, 0.717) is 17.3 Å². The number of fused-ring (bicyclic) bond motifs is 1. The summed E-state index contributed by atoms with van der Waals surface area (Å²) in [7, 11) is 2.08. The molecule has 3 rings (SSSR count). The molecule has 1 N–H and O–H groups in total. The number of halogens is 2. The SMILES string of the molecule is CCCc1n(CC(O)COc2cc(C)ccc2Cl)c2ccccc2[n+]1C.[I-]. The Balaban J connectivity index is 0.00000261. The Morgan fingerprint density at radius 1 is 1.22 bits per heavy atom. The van der Waals surface area contributed by atoms with Gasteiger partial charge in [0, 0.05) is 6.42 Å². The Morgan fingerprint density at radius 2 is 1.96 bits per heavy atom. The van der Waals surface area contributed by atoms with Gasteiger partial charge in [-0.3, -0.25) is 0 Å². The molecule has 0 aliphatic rings. The second-order valence-corrected chi connectivity index (χ2v) is 7.13. The van der Waals surface area contributed by atoms with Crippen LogP contribution in [0.1, 0.15) is 24.7 Å². The third-order valence-electron chi connectivity index (χ3n) is 4.62. The van der Waals surface area contributed by atoms with Crippen molar-refractivity contribution in [2.24, 2.45) is 7.05 Å². The summed E-state index contributed by atoms with van der Waals surface area (Å²) in [6, 6.07) is 13.9. The van der Waals surface area contributed by atoms with Crippen LogP contribution >= 0.6 is 11.6 Å². The molecule has 0 aliphatic carbocycles. The molecule has 1 atom stereocenters. The van der Waals surface area contributed by atoms with Crippen molar-refractivity contribution in [3.05, 3.63) is 58.9 Å². The molecule has 0 aliphatic heterocycles. The van der Waals surface area contributed by atoms with Crippen molar-refractivity contribution in [2.45, 2.75) is 39.3 Å². The molecule has 3 aromatic rings. The molecule has 0 bridgehead atoms. The fourth-order valence-electron chi connectivity index (χ4n) is 3.34. The van der Waals surface area contributed by atoms with E-state index in [4.69, 9.17) is 16.3 Å². The van der Waals surface area contributed by atoms with Crippen LogP contribution in [0.3, 0.4) is 0 Å². The van der Waals surface area contributed by atoms with Crippen molar-refractivity contribution in [3.63, 3.8) is 0 Å². The molecule has 0 saturated heterocycles. The van der Waals surface area contributed by atoms with Crippen molar-refractivity contribution in [2.75, 3.05) is 6.61 Å². The topological polar surface area (TPSA) is 38.3 Å². The zero-order chi connectivity index (χ0) is 18.7. The molecule has 0 amide bonds. The molecule has 4 nitrogen and oxygen atoms in total. The van der Waals surface area contributed by atoms with E-state index in [1.54, 1.807) is 0 Å². The van der Waals surface area contributed by atoms with Gasteiger partial charge in [-0.25, -0.2) is 9.13 Å². The highest BCUT2D eigenvalue weighted by Gasteiger charge is 2.24. The van der Waals surface area contributed by atoms with Gasteiger partial charge in [0.15, 0.2) is 11.0 Å². The van der Waals surface area contributed by atoms with Crippen LogP contribution in [-0.2, 0) is 20.0 Å². The Morgan fingerprint density at radius 3 is 2.70 bits per heavy atom. The summed E-state index contributed by atoms with van der Waals surface area (Å²) in [5, 5.41) is 11.1. The molecule has 2 aromatic carbocycles. The summed E-state index contributed by atoms with van der Waals surface area (Å²) in [5.74, 6) is 1.82. The maximum Gasteiger partial charge on any atom is 0.257 e. The smallest absolute Gasteiger partial charge is 0.257 e. The summed E-state index contributed by atoms with van der Waals surface area (Å²) >= 11 is 6.17. The van der Waals surface area contributed by atoms with Gasteiger partial charge in [0.25, 0.3) is 5.82 Å². The molecule has 1 aromatic heterocycles. The monoisotopic (exact) mass is 500 g/mol. The number of imidazole rings is 1. The minimum absolute atomic E-state index is 0. The largest absolute Gasteiger partial charge is 1.00 e. The fourth-order valence-corrected chi connectivity index (χ4v) is 3.51. The minimum Gasteiger partial charge on any atom is -1.00 e. The number of benzene rings is 2. The first-order valence-electron chi connectivity index (χ1n) is 9.04. The normalized spacial score (nSPS) is 12.0. The summed E-state index contributed by atoms with van der Waals surface area (Å²) < 4.78 is 10.2. The first kappa shape index (κ1) is 22.0. The molecule has 27 heavy (non-hydrogen) atoms. The molecule has 1 unspecified atom stereocenters. The maximum atomic E-state index is 10.6. The van der Waals surface area contributed by atoms with E-state index in [2.05, 4.69) is 35.2 Å². The quantitative estimate of drug-likeness (QED) is 0.385. The van der Waals surface area contributed by atoms with E-state index in [1.165, 1.54) is 11.3 Å². The summed E-state index contributed by atoms with van der Waals surface area (Å²) in [6.07, 6.45) is 1.39. The number of aromatic nitrogens is 2. The van der Waals surface area contributed by atoms with Gasteiger partial charge in [-0.2, -0.15) is 0 Å². The molecule has 1 heterocycles. The van der Waals surface area contributed by atoms with Crippen molar-refractivity contribution < 1.29 is 38.4 Å². The predicted octanol–water partition coefficient (Wildman–Crippen LogP) is 0.824. The Kier molecular flexibility index (Phi) is 7.94. The van der Waals surface area contributed by atoms with E-state index < -0.39 is 6.10 Å². The van der Waals surface area contributed by atoms with Crippen molar-refractivity contribution in [3.8, 4) is 5.75 Å². The van der Waals surface area contributed by atoms with Gasteiger partial charge in [0.05, 0.1) is 12.1 Å². The second kappa shape index (κ2) is 9.75. The molecule has 0 spiro atoms. The first-order chi connectivity index (χ1) is 12.5. The number of para-hydroxylation sites is 2. The number of aliphatic hydroxyl groups excluding tert-OH is 1. The number of aliphatic hydroxyl groups is 1. The van der Waals surface area contributed by atoms with Crippen LogP contribution in [-0.4, -0.2) is 22.4 Å². The number of rotatable bonds is 7. The van der Waals surface area contributed by atoms with E-state index >= 15 is 0 Å². The molecule has 0 saturated carbocycles. The highest BCUT2D eigenvalue weighted by molar-refractivity contribution is 6.32. The number of hydrogen-bond donors (Lipinski definition) is 1. The van der Waals surface area contributed by atoms with Crippen molar-refractivity contribution >= 4 is 22.6 Å². The van der Waals surface area contributed by atoms with Crippen LogP contribution in [0.25, 0.3) is 11.0 Å². The fraction of sp³-hybridized carbons (Fsp3) is 0.381. The number of hydrogen-bond acceptors (Lipinski definition) is 2. The summed E-state index contributed by atoms with van der Waals surface area (Å²) in [6.45, 7) is 4.84. The van der Waals surface area contributed by atoms with Crippen LogP contribution in [0.5, 0.6) is 5.75 Å². The van der Waals surface area contributed by atoms with Crippen LogP contribution in [0, 0.1) is 6.92 Å². The standard InChI is InChI=1S/C21H26ClN2O2.HI/c1-4-7-21-23(3)18-8-5-6-9-19(18)24(21)13-16(25)14-26-20-12-15(2)10-11-17(20)22;/h5-6,8-12,16,25H,4,7,13-14H2,1-3H3;1H/q+1;/p-1. The molecule has 0 radical (unpaired) electrons. The third kappa shape index (κ3) is 4.95. The lowest BCUT2D eigenvalue weighted by Gasteiger charge is -2.13. The lowest BCUT2D eigenvalue weighted by Crippen LogP contribution is -3.00. The van der Waals surface area contributed by atoms with E-state index in [0.717, 1.165) is 23.9 Å². The molecule has 6 heteroatoms. The van der Waals surface area contributed by atoms with Crippen LogP contribution < -0.4 is 33.3 Å². The average Bonchev–Trinajstić information content (AvgIpc) is 2.89. The Bertz CT molecular complexity index is 911. The average molecular weight is 501 g/mol. The zero-order valence-electron chi connectivity index (χ0n) is 16.0. The zero-order valence-corrected chi connectivity index (χ0v) is 18.9. The van der Waals surface area contributed by atoms with Crippen LogP contribution in [0.4, 0.5) is 0 Å². The third-order valence-corrected chi connectivity index (χ3v) is 4.93. The van der Waals surface area contributed by atoms with Gasteiger partial charge in [-0.05, 0) is 43.2 Å². The highest BCUT2D eigenvalue weighted by Crippen LogP contribution is 2.25. The number of ether oxygens (including phenoxy) is 1. The number of nitrogens with zero attached hydrogens (tertiary/aromatic N) is 2. The van der Waals surface area contributed by atoms with Crippen LogP contribution in [0.15, 0.2) is 42.5 Å². The van der Waals surface area contributed by atoms with E-state index in [9.17, 15) is 5.11 Å². The van der Waals surface area contributed by atoms with Gasteiger partial charge in [-0.15, -0.1) is 0 Å². The summed E-state index contributed by atoms with van der Waals surface area (Å²) in [5.41, 5.74) is 3.38.